The van der Waals surface area contributed by atoms with Crippen molar-refractivity contribution in [2.45, 2.75) is 38.8 Å². The van der Waals surface area contributed by atoms with Crippen LogP contribution in [0.4, 0.5) is 5.82 Å². The van der Waals surface area contributed by atoms with Gasteiger partial charge < -0.3 is 9.84 Å². The smallest absolute Gasteiger partial charge is 0.226 e. The Morgan fingerprint density at radius 2 is 2.28 bits per heavy atom. The maximum atomic E-state index is 5.20. The highest BCUT2D eigenvalue weighted by Gasteiger charge is 2.22. The van der Waals surface area contributed by atoms with Gasteiger partial charge in [-0.3, -0.25) is 9.58 Å². The molecule has 0 radical (unpaired) electrons. The van der Waals surface area contributed by atoms with E-state index in [1.54, 1.807) is 11.0 Å². The zero-order valence-corrected chi connectivity index (χ0v) is 14.5. The quantitative estimate of drug-likeness (QED) is 0.743. The molecule has 0 aromatic carbocycles. The molecule has 0 bridgehead atoms. The molecular formula is C16H22N8O. The summed E-state index contributed by atoms with van der Waals surface area (Å²) in [6, 6.07) is 0.324. The predicted molar refractivity (Wildman–Crippen MR) is 91.9 cm³/mol. The van der Waals surface area contributed by atoms with Crippen molar-refractivity contribution >= 4 is 16.9 Å². The maximum Gasteiger partial charge on any atom is 0.226 e. The van der Waals surface area contributed by atoms with Gasteiger partial charge in [0.25, 0.3) is 0 Å². The molecule has 3 aromatic rings. The molecule has 9 heteroatoms. The first-order valence-corrected chi connectivity index (χ1v) is 8.66. The molecule has 132 valence electrons. The molecule has 1 N–H and O–H groups in total. The van der Waals surface area contributed by atoms with Gasteiger partial charge in [-0.25, -0.2) is 9.97 Å². The number of hydrogen-bond acceptors (Lipinski definition) is 8. The molecule has 0 amide bonds. The van der Waals surface area contributed by atoms with Crippen molar-refractivity contribution in [3.63, 3.8) is 0 Å². The Bertz CT molecular complexity index is 857. The molecule has 1 fully saturated rings. The van der Waals surface area contributed by atoms with Crippen LogP contribution in [0, 0.1) is 0 Å². The SMILES string of the molecule is CCc1nc(CN2CCCC(Nc3ncnc4c3cnn4C)C2)no1. The first kappa shape index (κ1) is 15.9. The van der Waals surface area contributed by atoms with Gasteiger partial charge in [-0.2, -0.15) is 10.1 Å². The number of anilines is 1. The van der Waals surface area contributed by atoms with Crippen molar-refractivity contribution in [1.82, 2.24) is 34.8 Å². The molecule has 0 aliphatic carbocycles. The lowest BCUT2D eigenvalue weighted by Gasteiger charge is -2.32. The molecule has 1 aliphatic heterocycles. The molecule has 0 spiro atoms. The van der Waals surface area contributed by atoms with Gasteiger partial charge in [0.15, 0.2) is 11.5 Å². The van der Waals surface area contributed by atoms with E-state index in [1.165, 1.54) is 0 Å². The first-order valence-electron chi connectivity index (χ1n) is 8.66. The summed E-state index contributed by atoms with van der Waals surface area (Å²) in [6.07, 6.45) is 6.39. The van der Waals surface area contributed by atoms with Crippen LogP contribution in [0.15, 0.2) is 17.0 Å². The normalized spacial score (nSPS) is 18.7. The van der Waals surface area contributed by atoms with Crippen molar-refractivity contribution < 1.29 is 4.52 Å². The van der Waals surface area contributed by atoms with Gasteiger partial charge in [0.1, 0.15) is 12.1 Å². The van der Waals surface area contributed by atoms with Gasteiger partial charge >= 0.3 is 0 Å². The van der Waals surface area contributed by atoms with E-state index in [-0.39, 0.29) is 0 Å². The number of aryl methyl sites for hydroxylation is 2. The maximum absolute atomic E-state index is 5.20. The third kappa shape index (κ3) is 3.32. The minimum absolute atomic E-state index is 0.324. The summed E-state index contributed by atoms with van der Waals surface area (Å²) in [5.41, 5.74) is 0.837. The number of hydrogen-bond donors (Lipinski definition) is 1. The van der Waals surface area contributed by atoms with Crippen LogP contribution in [-0.4, -0.2) is 53.9 Å². The van der Waals surface area contributed by atoms with Crippen molar-refractivity contribution in [3.8, 4) is 0 Å². The highest BCUT2D eigenvalue weighted by atomic mass is 16.5. The largest absolute Gasteiger partial charge is 0.365 e. The average molecular weight is 342 g/mol. The Hall–Kier alpha value is -2.55. The molecule has 1 atom stereocenters. The van der Waals surface area contributed by atoms with E-state index in [0.717, 1.165) is 55.0 Å². The molecule has 1 unspecified atom stereocenters. The van der Waals surface area contributed by atoms with Gasteiger partial charge in [0, 0.05) is 26.1 Å². The van der Waals surface area contributed by atoms with Crippen molar-refractivity contribution in [2.24, 2.45) is 7.05 Å². The fourth-order valence-corrected chi connectivity index (χ4v) is 3.29. The molecule has 4 rings (SSSR count). The van der Waals surface area contributed by atoms with E-state index in [9.17, 15) is 0 Å². The van der Waals surface area contributed by atoms with E-state index in [1.807, 2.05) is 20.2 Å². The number of nitrogens with zero attached hydrogens (tertiary/aromatic N) is 7. The van der Waals surface area contributed by atoms with E-state index in [2.05, 4.69) is 35.4 Å². The summed E-state index contributed by atoms with van der Waals surface area (Å²) in [4.78, 5) is 15.4. The summed E-state index contributed by atoms with van der Waals surface area (Å²) in [5, 5.41) is 12.8. The summed E-state index contributed by atoms with van der Waals surface area (Å²) in [5.74, 6) is 2.30. The second-order valence-corrected chi connectivity index (χ2v) is 6.40. The standard InChI is InChI=1S/C16H22N8O/c1-3-14-21-13(22-25-14)9-24-6-4-5-11(8-24)20-15-12-7-19-23(2)16(12)18-10-17-15/h7,10-11H,3-6,8-9H2,1-2H3,(H,17,18,20). The monoisotopic (exact) mass is 342 g/mol. The van der Waals surface area contributed by atoms with Crippen molar-refractivity contribution in [1.29, 1.82) is 0 Å². The fourth-order valence-electron chi connectivity index (χ4n) is 3.29. The first-order chi connectivity index (χ1) is 12.2. The number of aromatic nitrogens is 6. The number of nitrogens with one attached hydrogen (secondary N) is 1. The Labute approximate surface area is 145 Å². The highest BCUT2D eigenvalue weighted by molar-refractivity contribution is 5.86. The number of rotatable bonds is 5. The Kier molecular flexibility index (Phi) is 4.31. The molecule has 9 nitrogen and oxygen atoms in total. The van der Waals surface area contributed by atoms with E-state index >= 15 is 0 Å². The molecular weight excluding hydrogens is 320 g/mol. The zero-order valence-electron chi connectivity index (χ0n) is 14.5. The zero-order chi connectivity index (χ0) is 17.2. The lowest BCUT2D eigenvalue weighted by atomic mass is 10.1. The van der Waals surface area contributed by atoms with Crippen molar-refractivity contribution in [2.75, 3.05) is 18.4 Å². The number of likely N-dealkylation sites (tertiary alicyclic amines) is 1. The molecule has 3 aromatic heterocycles. The Morgan fingerprint density at radius 3 is 3.12 bits per heavy atom. The minimum Gasteiger partial charge on any atom is -0.365 e. The van der Waals surface area contributed by atoms with Crippen LogP contribution < -0.4 is 5.32 Å². The summed E-state index contributed by atoms with van der Waals surface area (Å²) in [7, 11) is 1.89. The topological polar surface area (TPSA) is 97.8 Å². The fraction of sp³-hybridized carbons (Fsp3) is 0.562. The molecule has 0 saturated carbocycles. The van der Waals surface area contributed by atoms with E-state index < -0.39 is 0 Å². The van der Waals surface area contributed by atoms with Crippen LogP contribution in [0.25, 0.3) is 11.0 Å². The second-order valence-electron chi connectivity index (χ2n) is 6.40. The highest BCUT2D eigenvalue weighted by Crippen LogP contribution is 2.21. The van der Waals surface area contributed by atoms with Crippen LogP contribution >= 0.6 is 0 Å². The minimum atomic E-state index is 0.324. The van der Waals surface area contributed by atoms with Gasteiger partial charge in [0.2, 0.25) is 5.89 Å². The van der Waals surface area contributed by atoms with Gasteiger partial charge in [-0.05, 0) is 19.4 Å². The lowest BCUT2D eigenvalue weighted by molar-refractivity contribution is 0.201. The van der Waals surface area contributed by atoms with E-state index in [4.69, 9.17) is 4.52 Å². The van der Waals surface area contributed by atoms with Gasteiger partial charge in [-0.15, -0.1) is 0 Å². The van der Waals surface area contributed by atoms with Gasteiger partial charge in [-0.1, -0.05) is 12.1 Å². The van der Waals surface area contributed by atoms with Crippen molar-refractivity contribution in [3.05, 3.63) is 24.2 Å². The third-order valence-electron chi connectivity index (χ3n) is 4.55. The number of piperidine rings is 1. The second kappa shape index (κ2) is 6.75. The van der Waals surface area contributed by atoms with Crippen LogP contribution in [0.5, 0.6) is 0 Å². The Morgan fingerprint density at radius 1 is 1.36 bits per heavy atom. The van der Waals surface area contributed by atoms with E-state index in [0.29, 0.717) is 18.5 Å². The molecule has 4 heterocycles. The van der Waals surface area contributed by atoms with Gasteiger partial charge in [0.05, 0.1) is 18.1 Å². The molecule has 25 heavy (non-hydrogen) atoms. The predicted octanol–water partition coefficient (Wildman–Crippen LogP) is 1.39. The molecule has 1 aliphatic rings. The lowest BCUT2D eigenvalue weighted by Crippen LogP contribution is -2.42. The summed E-state index contributed by atoms with van der Waals surface area (Å²) in [6.45, 7) is 4.69. The average Bonchev–Trinajstić information content (AvgIpc) is 3.23. The number of fused-ring (bicyclic) bond motifs is 1. The summed E-state index contributed by atoms with van der Waals surface area (Å²) < 4.78 is 6.96. The Balaban J connectivity index is 1.44. The van der Waals surface area contributed by atoms with Crippen LogP contribution in [0.3, 0.4) is 0 Å². The van der Waals surface area contributed by atoms with Crippen LogP contribution in [0.1, 0.15) is 31.5 Å². The van der Waals surface area contributed by atoms with Crippen LogP contribution in [-0.2, 0) is 20.0 Å². The summed E-state index contributed by atoms with van der Waals surface area (Å²) >= 11 is 0. The molecule has 1 saturated heterocycles. The van der Waals surface area contributed by atoms with Crippen LogP contribution in [0.2, 0.25) is 0 Å². The third-order valence-corrected chi connectivity index (χ3v) is 4.55.